The summed E-state index contributed by atoms with van der Waals surface area (Å²) in [5, 5.41) is 11.0. The standard InChI is InChI=1S/C12H7ClFN3O3/c13-7-5-6(1-2-8(7)14)11(18)17-10-9(12(19)20)15-3-4-16-10/h1-5H,(H,19,20)(H,16,17,18). The fourth-order valence-corrected chi connectivity index (χ4v) is 1.58. The van der Waals surface area contributed by atoms with E-state index < -0.39 is 23.4 Å². The van der Waals surface area contributed by atoms with Crippen molar-refractivity contribution in [2.75, 3.05) is 5.32 Å². The average molecular weight is 296 g/mol. The molecular formula is C12H7ClFN3O3. The Hall–Kier alpha value is -2.54. The third kappa shape index (κ3) is 2.89. The van der Waals surface area contributed by atoms with Gasteiger partial charge in [0.2, 0.25) is 0 Å². The van der Waals surface area contributed by atoms with E-state index in [1.807, 2.05) is 0 Å². The molecule has 2 N–H and O–H groups in total. The fraction of sp³-hybridized carbons (Fsp3) is 0. The molecule has 20 heavy (non-hydrogen) atoms. The second kappa shape index (κ2) is 5.62. The zero-order valence-electron chi connectivity index (χ0n) is 9.80. The Morgan fingerprint density at radius 1 is 1.25 bits per heavy atom. The smallest absolute Gasteiger partial charge is 0.358 e. The van der Waals surface area contributed by atoms with Crippen LogP contribution in [0.5, 0.6) is 0 Å². The number of nitrogens with one attached hydrogen (secondary N) is 1. The highest BCUT2D eigenvalue weighted by molar-refractivity contribution is 6.31. The summed E-state index contributed by atoms with van der Waals surface area (Å²) in [6.07, 6.45) is 2.42. The van der Waals surface area contributed by atoms with E-state index in [0.29, 0.717) is 0 Å². The molecule has 1 amide bonds. The normalized spacial score (nSPS) is 10.1. The third-order valence-corrected chi connectivity index (χ3v) is 2.60. The summed E-state index contributed by atoms with van der Waals surface area (Å²) in [5.41, 5.74) is -0.326. The highest BCUT2D eigenvalue weighted by atomic mass is 35.5. The fourth-order valence-electron chi connectivity index (χ4n) is 1.40. The molecule has 0 aliphatic rings. The first-order valence-corrected chi connectivity index (χ1v) is 5.67. The Morgan fingerprint density at radius 2 is 1.95 bits per heavy atom. The van der Waals surface area contributed by atoms with Gasteiger partial charge in [-0.25, -0.2) is 19.2 Å². The maximum Gasteiger partial charge on any atom is 0.358 e. The van der Waals surface area contributed by atoms with Crippen LogP contribution in [0.1, 0.15) is 20.8 Å². The summed E-state index contributed by atoms with van der Waals surface area (Å²) >= 11 is 5.57. The van der Waals surface area contributed by atoms with Gasteiger partial charge >= 0.3 is 5.97 Å². The number of carboxylic acids is 1. The van der Waals surface area contributed by atoms with Crippen molar-refractivity contribution in [2.24, 2.45) is 0 Å². The molecule has 0 aliphatic heterocycles. The summed E-state index contributed by atoms with van der Waals surface area (Å²) in [4.78, 5) is 30.1. The molecule has 1 heterocycles. The SMILES string of the molecule is O=C(Nc1nccnc1C(=O)O)c1ccc(F)c(Cl)c1. The van der Waals surface area contributed by atoms with Crippen LogP contribution in [0.15, 0.2) is 30.6 Å². The van der Waals surface area contributed by atoms with Gasteiger partial charge in [0.1, 0.15) is 5.82 Å². The van der Waals surface area contributed by atoms with Crippen molar-refractivity contribution in [1.82, 2.24) is 9.97 Å². The zero-order chi connectivity index (χ0) is 14.7. The van der Waals surface area contributed by atoms with Crippen molar-refractivity contribution >= 4 is 29.3 Å². The number of nitrogens with zero attached hydrogens (tertiary/aromatic N) is 2. The topological polar surface area (TPSA) is 92.2 Å². The lowest BCUT2D eigenvalue weighted by Gasteiger charge is -2.06. The van der Waals surface area contributed by atoms with Crippen LogP contribution < -0.4 is 5.32 Å². The van der Waals surface area contributed by atoms with Crippen molar-refractivity contribution in [1.29, 1.82) is 0 Å². The van der Waals surface area contributed by atoms with Crippen LogP contribution >= 0.6 is 11.6 Å². The van der Waals surface area contributed by atoms with Crippen molar-refractivity contribution in [3.05, 3.63) is 52.7 Å². The lowest BCUT2D eigenvalue weighted by Crippen LogP contribution is -2.17. The summed E-state index contributed by atoms with van der Waals surface area (Å²) < 4.78 is 13.0. The number of halogens is 2. The maximum atomic E-state index is 13.0. The first-order valence-electron chi connectivity index (χ1n) is 5.29. The largest absolute Gasteiger partial charge is 0.476 e. The molecule has 0 saturated heterocycles. The van der Waals surface area contributed by atoms with Gasteiger partial charge in [-0.05, 0) is 18.2 Å². The van der Waals surface area contributed by atoms with E-state index in [2.05, 4.69) is 15.3 Å². The molecule has 1 aromatic heterocycles. The van der Waals surface area contributed by atoms with Gasteiger partial charge in [-0.3, -0.25) is 4.79 Å². The van der Waals surface area contributed by atoms with Gasteiger partial charge in [-0.1, -0.05) is 11.6 Å². The second-order valence-electron chi connectivity index (χ2n) is 3.64. The van der Waals surface area contributed by atoms with Crippen molar-refractivity contribution in [2.45, 2.75) is 0 Å². The number of rotatable bonds is 3. The highest BCUT2D eigenvalue weighted by Crippen LogP contribution is 2.17. The minimum absolute atomic E-state index is 0.0680. The van der Waals surface area contributed by atoms with Crippen molar-refractivity contribution < 1.29 is 19.1 Å². The minimum atomic E-state index is -1.33. The van der Waals surface area contributed by atoms with E-state index in [0.717, 1.165) is 12.1 Å². The van der Waals surface area contributed by atoms with Gasteiger partial charge in [-0.15, -0.1) is 0 Å². The van der Waals surface area contributed by atoms with Crippen LogP contribution in [0, 0.1) is 5.82 Å². The molecular weight excluding hydrogens is 289 g/mol. The number of carbonyl (C=O) groups excluding carboxylic acids is 1. The van der Waals surface area contributed by atoms with E-state index in [1.165, 1.54) is 18.5 Å². The molecule has 0 atom stereocenters. The quantitative estimate of drug-likeness (QED) is 0.906. The molecule has 1 aromatic carbocycles. The van der Waals surface area contributed by atoms with E-state index in [9.17, 15) is 14.0 Å². The molecule has 8 heteroatoms. The summed E-state index contributed by atoms with van der Waals surface area (Å²) in [5.74, 6) is -2.86. The third-order valence-electron chi connectivity index (χ3n) is 2.31. The summed E-state index contributed by atoms with van der Waals surface area (Å²) in [6.45, 7) is 0. The van der Waals surface area contributed by atoms with Crippen LogP contribution in [0.4, 0.5) is 10.2 Å². The van der Waals surface area contributed by atoms with Gasteiger partial charge in [-0.2, -0.15) is 0 Å². The molecule has 0 saturated carbocycles. The van der Waals surface area contributed by atoms with Crippen molar-refractivity contribution in [3.63, 3.8) is 0 Å². The van der Waals surface area contributed by atoms with Crippen LogP contribution in [-0.4, -0.2) is 27.0 Å². The second-order valence-corrected chi connectivity index (χ2v) is 4.05. The lowest BCUT2D eigenvalue weighted by atomic mass is 10.2. The van der Waals surface area contributed by atoms with E-state index >= 15 is 0 Å². The Balaban J connectivity index is 2.28. The molecule has 2 rings (SSSR count). The molecule has 0 spiro atoms. The number of hydrogen-bond acceptors (Lipinski definition) is 4. The molecule has 2 aromatic rings. The average Bonchev–Trinajstić information content (AvgIpc) is 2.42. The van der Waals surface area contributed by atoms with Gasteiger partial charge in [0.05, 0.1) is 5.02 Å². The Kier molecular flexibility index (Phi) is 3.90. The van der Waals surface area contributed by atoms with E-state index in [1.54, 1.807) is 0 Å². The summed E-state index contributed by atoms with van der Waals surface area (Å²) in [6, 6.07) is 3.38. The molecule has 6 nitrogen and oxygen atoms in total. The number of benzene rings is 1. The first kappa shape index (κ1) is 13.9. The van der Waals surface area contributed by atoms with Gasteiger partial charge < -0.3 is 10.4 Å². The number of aromatic nitrogens is 2. The molecule has 0 radical (unpaired) electrons. The van der Waals surface area contributed by atoms with E-state index in [4.69, 9.17) is 16.7 Å². The molecule has 0 fully saturated rings. The number of anilines is 1. The predicted octanol–water partition coefficient (Wildman–Crippen LogP) is 2.22. The van der Waals surface area contributed by atoms with E-state index in [-0.39, 0.29) is 16.4 Å². The number of hydrogen-bond donors (Lipinski definition) is 2. The summed E-state index contributed by atoms with van der Waals surface area (Å²) in [7, 11) is 0. The first-order chi connectivity index (χ1) is 9.49. The van der Waals surface area contributed by atoms with Crippen LogP contribution in [-0.2, 0) is 0 Å². The van der Waals surface area contributed by atoms with Gasteiger partial charge in [0.15, 0.2) is 11.5 Å². The molecule has 0 aliphatic carbocycles. The lowest BCUT2D eigenvalue weighted by molar-refractivity contribution is 0.0691. The predicted molar refractivity (Wildman–Crippen MR) is 68.4 cm³/mol. The maximum absolute atomic E-state index is 13.0. The molecule has 102 valence electrons. The highest BCUT2D eigenvalue weighted by Gasteiger charge is 2.16. The number of carboxylic acid groups (broad SMARTS) is 1. The van der Waals surface area contributed by atoms with Crippen LogP contribution in [0.3, 0.4) is 0 Å². The minimum Gasteiger partial charge on any atom is -0.476 e. The van der Waals surface area contributed by atoms with Crippen molar-refractivity contribution in [3.8, 4) is 0 Å². The Labute approximate surface area is 117 Å². The number of carbonyl (C=O) groups is 2. The van der Waals surface area contributed by atoms with Gasteiger partial charge in [0, 0.05) is 18.0 Å². The zero-order valence-corrected chi connectivity index (χ0v) is 10.6. The molecule has 0 unspecified atom stereocenters. The van der Waals surface area contributed by atoms with Crippen LogP contribution in [0.2, 0.25) is 5.02 Å². The van der Waals surface area contributed by atoms with Gasteiger partial charge in [0.25, 0.3) is 5.91 Å². The monoisotopic (exact) mass is 295 g/mol. The Bertz CT molecular complexity index is 693. The van der Waals surface area contributed by atoms with Crippen LogP contribution in [0.25, 0.3) is 0 Å². The Morgan fingerprint density at radius 3 is 2.60 bits per heavy atom. The molecule has 0 bridgehead atoms. The number of aromatic carboxylic acids is 1. The number of amides is 1.